The van der Waals surface area contributed by atoms with Gasteiger partial charge >= 0.3 is 5.69 Å². The van der Waals surface area contributed by atoms with Crippen LogP contribution in [0.3, 0.4) is 0 Å². The molecule has 2 heterocycles. The van der Waals surface area contributed by atoms with Crippen LogP contribution < -0.4 is 5.32 Å². The molecule has 0 aliphatic carbocycles. The molecule has 1 amide bonds. The van der Waals surface area contributed by atoms with Crippen molar-refractivity contribution in [1.82, 2.24) is 14.3 Å². The van der Waals surface area contributed by atoms with Crippen molar-refractivity contribution in [2.75, 3.05) is 5.32 Å². The number of amides is 1. The van der Waals surface area contributed by atoms with Gasteiger partial charge < -0.3 is 9.88 Å². The van der Waals surface area contributed by atoms with Gasteiger partial charge in [-0.25, -0.2) is 0 Å². The van der Waals surface area contributed by atoms with Crippen LogP contribution >= 0.6 is 0 Å². The van der Waals surface area contributed by atoms with Gasteiger partial charge in [0.15, 0.2) is 0 Å². The van der Waals surface area contributed by atoms with Crippen molar-refractivity contribution in [1.29, 1.82) is 0 Å². The van der Waals surface area contributed by atoms with E-state index in [4.69, 9.17) is 0 Å². The van der Waals surface area contributed by atoms with E-state index >= 15 is 0 Å². The Morgan fingerprint density at radius 3 is 2.75 bits per heavy atom. The van der Waals surface area contributed by atoms with Crippen LogP contribution in [0.15, 0.2) is 61.2 Å². The van der Waals surface area contributed by atoms with E-state index in [0.717, 1.165) is 5.69 Å². The summed E-state index contributed by atoms with van der Waals surface area (Å²) in [5.41, 5.74) is 1.55. The smallest absolute Gasteiger partial charge is 0.306 e. The first-order valence-corrected chi connectivity index (χ1v) is 7.32. The molecule has 2 aromatic heterocycles. The molecule has 1 aromatic carbocycles. The third kappa shape index (κ3) is 3.67. The lowest BCUT2D eigenvalue weighted by molar-refractivity contribution is -0.385. The van der Waals surface area contributed by atoms with Gasteiger partial charge in [-0.2, -0.15) is 5.10 Å². The highest BCUT2D eigenvalue weighted by molar-refractivity contribution is 5.90. The van der Waals surface area contributed by atoms with Gasteiger partial charge in [0.05, 0.1) is 4.92 Å². The van der Waals surface area contributed by atoms with Crippen LogP contribution in [-0.2, 0) is 11.3 Å². The highest BCUT2D eigenvalue weighted by Gasteiger charge is 2.10. The van der Waals surface area contributed by atoms with E-state index in [2.05, 4.69) is 10.4 Å². The minimum Gasteiger partial charge on any atom is -0.326 e. The van der Waals surface area contributed by atoms with Gasteiger partial charge in [0.2, 0.25) is 5.91 Å². The van der Waals surface area contributed by atoms with Crippen LogP contribution in [0, 0.1) is 10.1 Å². The van der Waals surface area contributed by atoms with Crippen LogP contribution in [-0.4, -0.2) is 25.2 Å². The topological polar surface area (TPSA) is 95.0 Å². The Hall–Kier alpha value is -3.42. The molecular formula is C16H15N5O3. The molecule has 0 spiro atoms. The Bertz CT molecular complexity index is 854. The summed E-state index contributed by atoms with van der Waals surface area (Å²) < 4.78 is 3.33. The third-order valence-electron chi connectivity index (χ3n) is 3.43. The zero-order valence-electron chi connectivity index (χ0n) is 12.7. The van der Waals surface area contributed by atoms with Crippen molar-refractivity contribution in [2.45, 2.75) is 13.0 Å². The van der Waals surface area contributed by atoms with E-state index in [1.165, 1.54) is 17.1 Å². The summed E-state index contributed by atoms with van der Waals surface area (Å²) in [5.74, 6) is -0.183. The first-order chi connectivity index (χ1) is 11.6. The highest BCUT2D eigenvalue weighted by Crippen LogP contribution is 2.15. The van der Waals surface area contributed by atoms with Crippen LogP contribution in [0.1, 0.15) is 6.42 Å². The minimum absolute atomic E-state index is 0.0881. The monoisotopic (exact) mass is 325 g/mol. The van der Waals surface area contributed by atoms with Gasteiger partial charge in [-0.05, 0) is 30.3 Å². The Morgan fingerprint density at radius 1 is 1.25 bits per heavy atom. The van der Waals surface area contributed by atoms with E-state index in [1.54, 1.807) is 0 Å². The van der Waals surface area contributed by atoms with Crippen LogP contribution in [0.4, 0.5) is 11.4 Å². The maximum Gasteiger partial charge on any atom is 0.306 e. The number of nitrogens with one attached hydrogen (secondary N) is 1. The summed E-state index contributed by atoms with van der Waals surface area (Å²) in [4.78, 5) is 22.1. The molecular weight excluding hydrogens is 310 g/mol. The third-order valence-corrected chi connectivity index (χ3v) is 3.43. The number of hydrogen-bond donors (Lipinski definition) is 1. The van der Waals surface area contributed by atoms with E-state index in [9.17, 15) is 14.9 Å². The molecule has 0 radical (unpaired) electrons. The summed E-state index contributed by atoms with van der Waals surface area (Å²) in [6.45, 7) is 0.275. The quantitative estimate of drug-likeness (QED) is 0.556. The first kappa shape index (κ1) is 15.5. The van der Waals surface area contributed by atoms with E-state index in [-0.39, 0.29) is 24.6 Å². The van der Waals surface area contributed by atoms with Gasteiger partial charge in [0.25, 0.3) is 0 Å². The number of nitro groups is 1. The molecule has 0 saturated carbocycles. The maximum atomic E-state index is 12.0. The molecule has 24 heavy (non-hydrogen) atoms. The van der Waals surface area contributed by atoms with Gasteiger partial charge in [-0.15, -0.1) is 0 Å². The zero-order valence-corrected chi connectivity index (χ0v) is 12.7. The molecule has 0 aliphatic heterocycles. The number of aryl methyl sites for hydroxylation is 1. The van der Waals surface area contributed by atoms with Crippen molar-refractivity contribution in [3.8, 4) is 5.69 Å². The fraction of sp³-hybridized carbons (Fsp3) is 0.125. The Kier molecular flexibility index (Phi) is 4.37. The predicted molar refractivity (Wildman–Crippen MR) is 87.9 cm³/mol. The van der Waals surface area contributed by atoms with Gasteiger partial charge in [-0.1, -0.05) is 6.07 Å². The normalized spacial score (nSPS) is 10.5. The summed E-state index contributed by atoms with van der Waals surface area (Å²) in [6.07, 6.45) is 6.49. The number of rotatable bonds is 6. The van der Waals surface area contributed by atoms with Crippen molar-refractivity contribution >= 4 is 17.3 Å². The second-order valence-electron chi connectivity index (χ2n) is 5.16. The SMILES string of the molecule is O=C(CCn1cc([N+](=O)[O-])cn1)Nc1cccc(-n2cccc2)c1. The molecule has 0 bridgehead atoms. The molecule has 8 nitrogen and oxygen atoms in total. The fourth-order valence-electron chi connectivity index (χ4n) is 2.26. The van der Waals surface area contributed by atoms with Gasteiger partial charge in [-0.3, -0.25) is 19.6 Å². The lowest BCUT2D eigenvalue weighted by Gasteiger charge is -2.08. The van der Waals surface area contributed by atoms with Crippen LogP contribution in [0.5, 0.6) is 0 Å². The molecule has 0 fully saturated rings. The lowest BCUT2D eigenvalue weighted by Crippen LogP contribution is -2.14. The largest absolute Gasteiger partial charge is 0.326 e. The number of carbonyl (C=O) groups is 1. The number of nitrogens with zero attached hydrogens (tertiary/aromatic N) is 4. The van der Waals surface area contributed by atoms with Crippen molar-refractivity contribution in [2.24, 2.45) is 0 Å². The van der Waals surface area contributed by atoms with Crippen molar-refractivity contribution in [3.05, 3.63) is 71.3 Å². The molecule has 0 aliphatic rings. The average molecular weight is 325 g/mol. The van der Waals surface area contributed by atoms with Gasteiger partial charge in [0.1, 0.15) is 12.4 Å². The number of carbonyl (C=O) groups excluding carboxylic acids is 1. The number of benzene rings is 1. The maximum absolute atomic E-state index is 12.0. The van der Waals surface area contributed by atoms with E-state index in [1.807, 2.05) is 53.4 Å². The van der Waals surface area contributed by atoms with Crippen LogP contribution in [0.2, 0.25) is 0 Å². The van der Waals surface area contributed by atoms with Crippen molar-refractivity contribution in [3.63, 3.8) is 0 Å². The summed E-state index contributed by atoms with van der Waals surface area (Å²) in [5, 5.41) is 17.3. The van der Waals surface area contributed by atoms with Crippen molar-refractivity contribution < 1.29 is 9.72 Å². The standard InChI is InChI=1S/C16H15N5O3/c22-16(6-9-20-12-15(11-17-20)21(23)24)18-13-4-3-5-14(10-13)19-7-1-2-8-19/h1-5,7-8,10-12H,6,9H2,(H,18,22). The first-order valence-electron chi connectivity index (χ1n) is 7.32. The van der Waals surface area contributed by atoms with E-state index in [0.29, 0.717) is 5.69 Å². The molecule has 3 aromatic rings. The molecule has 8 heteroatoms. The van der Waals surface area contributed by atoms with Crippen LogP contribution in [0.25, 0.3) is 5.69 Å². The summed E-state index contributed by atoms with van der Waals surface area (Å²) >= 11 is 0. The zero-order chi connectivity index (χ0) is 16.9. The highest BCUT2D eigenvalue weighted by atomic mass is 16.6. The second kappa shape index (κ2) is 6.78. The predicted octanol–water partition coefficient (Wildman–Crippen LogP) is 2.61. The number of hydrogen-bond acceptors (Lipinski definition) is 4. The molecule has 122 valence electrons. The summed E-state index contributed by atoms with van der Waals surface area (Å²) in [6, 6.07) is 11.3. The number of aromatic nitrogens is 3. The average Bonchev–Trinajstić information content (AvgIpc) is 3.25. The fourth-order valence-corrected chi connectivity index (χ4v) is 2.26. The molecule has 0 saturated heterocycles. The molecule has 0 unspecified atom stereocenters. The minimum atomic E-state index is -0.518. The van der Waals surface area contributed by atoms with Gasteiger partial charge in [0, 0.05) is 36.7 Å². The Labute approximate surface area is 137 Å². The summed E-state index contributed by atoms with van der Waals surface area (Å²) in [7, 11) is 0. The molecule has 0 atom stereocenters. The number of anilines is 1. The Morgan fingerprint density at radius 2 is 2.04 bits per heavy atom. The Balaban J connectivity index is 1.58. The van der Waals surface area contributed by atoms with E-state index < -0.39 is 4.92 Å². The lowest BCUT2D eigenvalue weighted by atomic mass is 10.2. The molecule has 1 N–H and O–H groups in total. The molecule has 3 rings (SSSR count). The second-order valence-corrected chi connectivity index (χ2v) is 5.16.